The Balaban J connectivity index is 1.81. The summed E-state index contributed by atoms with van der Waals surface area (Å²) in [5.41, 5.74) is 0. The normalized spacial score (nSPS) is 33.5. The quantitative estimate of drug-likeness (QED) is 0.689. The number of carboxylic acids is 1. The molecule has 0 amide bonds. The molecule has 1 saturated carbocycles. The van der Waals surface area contributed by atoms with E-state index < -0.39 is 5.97 Å². The van der Waals surface area contributed by atoms with Gasteiger partial charge < -0.3 is 10.4 Å². The predicted octanol–water partition coefficient (Wildman–Crippen LogP) is 1.24. The topological polar surface area (TPSA) is 49.3 Å². The van der Waals surface area contributed by atoms with Crippen LogP contribution in [0.15, 0.2) is 0 Å². The number of carbonyl (C=O) groups is 1. The van der Waals surface area contributed by atoms with Crippen molar-refractivity contribution >= 4 is 5.97 Å². The molecule has 1 aliphatic carbocycles. The first-order chi connectivity index (χ1) is 6.25. The number of carboxylic acid groups (broad SMARTS) is 1. The van der Waals surface area contributed by atoms with Crippen LogP contribution < -0.4 is 5.32 Å². The average Bonchev–Trinajstić information content (AvgIpc) is 2.75. The largest absolute Gasteiger partial charge is 0.481 e. The van der Waals surface area contributed by atoms with Crippen LogP contribution in [0.2, 0.25) is 0 Å². The summed E-state index contributed by atoms with van der Waals surface area (Å²) in [5.74, 6) is 0.638. The summed E-state index contributed by atoms with van der Waals surface area (Å²) in [7, 11) is 0. The van der Waals surface area contributed by atoms with Gasteiger partial charge >= 0.3 is 5.97 Å². The molecule has 1 saturated heterocycles. The van der Waals surface area contributed by atoms with Crippen molar-refractivity contribution in [3.63, 3.8) is 0 Å². The third-order valence-electron chi connectivity index (χ3n) is 3.21. The van der Waals surface area contributed by atoms with E-state index >= 15 is 0 Å². The number of hydrogen-bond acceptors (Lipinski definition) is 2. The summed E-state index contributed by atoms with van der Waals surface area (Å²) in [6.45, 7) is 1.01. The average molecular weight is 183 g/mol. The van der Waals surface area contributed by atoms with Crippen molar-refractivity contribution in [3.8, 4) is 0 Å². The molecule has 2 N–H and O–H groups in total. The molecule has 1 heterocycles. The number of nitrogens with one attached hydrogen (secondary N) is 1. The zero-order valence-corrected chi connectivity index (χ0v) is 7.83. The fraction of sp³-hybridized carbons (Fsp3) is 0.900. The number of aliphatic carboxylic acids is 1. The maximum absolute atomic E-state index is 10.6. The Bertz CT molecular complexity index is 201. The molecule has 1 aliphatic heterocycles. The SMILES string of the molecule is O=C(O)CC1CCNC1CC1CC1. The summed E-state index contributed by atoms with van der Waals surface area (Å²) in [6.07, 6.45) is 5.32. The molecule has 2 rings (SSSR count). The first-order valence-corrected chi connectivity index (χ1v) is 5.21. The van der Waals surface area contributed by atoms with Gasteiger partial charge in [0.25, 0.3) is 0 Å². The molecule has 3 nitrogen and oxygen atoms in total. The summed E-state index contributed by atoms with van der Waals surface area (Å²) < 4.78 is 0. The van der Waals surface area contributed by atoms with Crippen LogP contribution >= 0.6 is 0 Å². The van der Waals surface area contributed by atoms with E-state index in [4.69, 9.17) is 5.11 Å². The van der Waals surface area contributed by atoms with Crippen LogP contribution in [0.4, 0.5) is 0 Å². The molecule has 0 aromatic rings. The van der Waals surface area contributed by atoms with Crippen LogP contribution in [0.25, 0.3) is 0 Å². The van der Waals surface area contributed by atoms with Gasteiger partial charge in [-0.1, -0.05) is 12.8 Å². The lowest BCUT2D eigenvalue weighted by Crippen LogP contribution is -2.28. The first-order valence-electron chi connectivity index (χ1n) is 5.21. The van der Waals surface area contributed by atoms with Crippen molar-refractivity contribution in [3.05, 3.63) is 0 Å². The zero-order chi connectivity index (χ0) is 9.26. The van der Waals surface area contributed by atoms with Gasteiger partial charge in [0, 0.05) is 12.5 Å². The smallest absolute Gasteiger partial charge is 0.303 e. The highest BCUT2D eigenvalue weighted by molar-refractivity contribution is 5.67. The van der Waals surface area contributed by atoms with Crippen LogP contribution in [-0.4, -0.2) is 23.7 Å². The Labute approximate surface area is 78.5 Å². The van der Waals surface area contributed by atoms with Crippen molar-refractivity contribution in [2.24, 2.45) is 11.8 Å². The predicted molar refractivity (Wildman–Crippen MR) is 49.5 cm³/mol. The van der Waals surface area contributed by atoms with E-state index in [0.717, 1.165) is 18.9 Å². The Morgan fingerprint density at radius 2 is 2.15 bits per heavy atom. The van der Waals surface area contributed by atoms with E-state index in [1.54, 1.807) is 0 Å². The molecule has 0 radical (unpaired) electrons. The van der Waals surface area contributed by atoms with Gasteiger partial charge in [0.1, 0.15) is 0 Å². The summed E-state index contributed by atoms with van der Waals surface area (Å²) in [4.78, 5) is 10.6. The Kier molecular flexibility index (Phi) is 2.54. The molecule has 74 valence electrons. The molecule has 2 atom stereocenters. The van der Waals surface area contributed by atoms with Crippen LogP contribution in [0.1, 0.15) is 32.1 Å². The highest BCUT2D eigenvalue weighted by atomic mass is 16.4. The summed E-state index contributed by atoms with van der Waals surface area (Å²) in [6, 6.07) is 0.489. The molecule has 3 heteroatoms. The Morgan fingerprint density at radius 3 is 2.77 bits per heavy atom. The zero-order valence-electron chi connectivity index (χ0n) is 7.83. The first kappa shape index (κ1) is 9.00. The van der Waals surface area contributed by atoms with E-state index in [-0.39, 0.29) is 0 Å². The van der Waals surface area contributed by atoms with E-state index in [2.05, 4.69) is 5.32 Å². The van der Waals surface area contributed by atoms with E-state index in [1.165, 1.54) is 19.3 Å². The molecule has 0 spiro atoms. The standard InChI is InChI=1S/C10H17NO2/c12-10(13)6-8-3-4-11-9(8)5-7-1-2-7/h7-9,11H,1-6H2,(H,12,13). The summed E-state index contributed by atoms with van der Waals surface area (Å²) >= 11 is 0. The molecule has 2 fully saturated rings. The minimum Gasteiger partial charge on any atom is -0.481 e. The van der Waals surface area contributed by atoms with Crippen LogP contribution in [0.5, 0.6) is 0 Å². The lowest BCUT2D eigenvalue weighted by atomic mass is 9.93. The monoisotopic (exact) mass is 183 g/mol. The Hall–Kier alpha value is -0.570. The Morgan fingerprint density at radius 1 is 1.38 bits per heavy atom. The van der Waals surface area contributed by atoms with Gasteiger partial charge in [0.2, 0.25) is 0 Å². The highest BCUT2D eigenvalue weighted by Crippen LogP contribution is 2.37. The van der Waals surface area contributed by atoms with E-state index in [0.29, 0.717) is 18.4 Å². The van der Waals surface area contributed by atoms with Crippen molar-refractivity contribution in [1.82, 2.24) is 5.32 Å². The third kappa shape index (κ3) is 2.44. The lowest BCUT2D eigenvalue weighted by Gasteiger charge is -2.17. The summed E-state index contributed by atoms with van der Waals surface area (Å²) in [5, 5.41) is 12.1. The van der Waals surface area contributed by atoms with Crippen molar-refractivity contribution in [2.75, 3.05) is 6.54 Å². The van der Waals surface area contributed by atoms with Gasteiger partial charge in [0.05, 0.1) is 0 Å². The van der Waals surface area contributed by atoms with Crippen molar-refractivity contribution < 1.29 is 9.90 Å². The van der Waals surface area contributed by atoms with Crippen molar-refractivity contribution in [1.29, 1.82) is 0 Å². The van der Waals surface area contributed by atoms with Crippen LogP contribution in [0, 0.1) is 11.8 Å². The van der Waals surface area contributed by atoms with Gasteiger partial charge in [-0.25, -0.2) is 0 Å². The van der Waals surface area contributed by atoms with Gasteiger partial charge in [-0.15, -0.1) is 0 Å². The number of rotatable bonds is 4. The second kappa shape index (κ2) is 3.66. The maximum atomic E-state index is 10.6. The molecule has 0 bridgehead atoms. The number of hydrogen-bond donors (Lipinski definition) is 2. The molecular weight excluding hydrogens is 166 g/mol. The molecule has 13 heavy (non-hydrogen) atoms. The molecule has 0 aromatic carbocycles. The minimum absolute atomic E-state index is 0.352. The van der Waals surface area contributed by atoms with Crippen LogP contribution in [0.3, 0.4) is 0 Å². The van der Waals surface area contributed by atoms with Crippen molar-refractivity contribution in [2.45, 2.75) is 38.1 Å². The fourth-order valence-electron chi connectivity index (χ4n) is 2.28. The van der Waals surface area contributed by atoms with E-state index in [9.17, 15) is 4.79 Å². The third-order valence-corrected chi connectivity index (χ3v) is 3.21. The fourth-order valence-corrected chi connectivity index (χ4v) is 2.28. The highest BCUT2D eigenvalue weighted by Gasteiger charge is 2.33. The molecule has 2 unspecified atom stereocenters. The van der Waals surface area contributed by atoms with Gasteiger partial charge in [-0.2, -0.15) is 0 Å². The molecule has 0 aromatic heterocycles. The van der Waals surface area contributed by atoms with Gasteiger partial charge in [-0.05, 0) is 31.2 Å². The van der Waals surface area contributed by atoms with Gasteiger partial charge in [0.15, 0.2) is 0 Å². The second-order valence-electron chi connectivity index (χ2n) is 4.39. The van der Waals surface area contributed by atoms with Crippen LogP contribution in [-0.2, 0) is 4.79 Å². The molecular formula is C10H17NO2. The van der Waals surface area contributed by atoms with E-state index in [1.807, 2.05) is 0 Å². The second-order valence-corrected chi connectivity index (χ2v) is 4.39. The minimum atomic E-state index is -0.644. The molecule has 2 aliphatic rings. The maximum Gasteiger partial charge on any atom is 0.303 e. The van der Waals surface area contributed by atoms with Gasteiger partial charge in [-0.3, -0.25) is 4.79 Å². The lowest BCUT2D eigenvalue weighted by molar-refractivity contribution is -0.138.